The fourth-order valence-corrected chi connectivity index (χ4v) is 3.92. The number of rotatable bonds is 4. The summed E-state index contributed by atoms with van der Waals surface area (Å²) >= 11 is 0. The van der Waals surface area contributed by atoms with Crippen molar-refractivity contribution in [1.82, 2.24) is 9.80 Å². The number of benzene rings is 1. The highest BCUT2D eigenvalue weighted by atomic mass is 19.1. The molecule has 4 heteroatoms. The Bertz CT molecular complexity index is 531. The number of hydrogen-bond acceptors (Lipinski definition) is 2. The van der Waals surface area contributed by atoms with E-state index < -0.39 is 0 Å². The molecule has 126 valence electrons. The standard InChI is InChI=1S/C19H27FN2O/c1-15-4-2-11-22(13-15)19(23)14-21-10-3-5-18(21)12-16-6-8-17(20)9-7-16/h6-9,15,18H,2-5,10-14H2,1H3. The molecule has 0 aliphatic carbocycles. The van der Waals surface area contributed by atoms with Crippen molar-refractivity contribution < 1.29 is 9.18 Å². The molecule has 2 atom stereocenters. The van der Waals surface area contributed by atoms with Crippen LogP contribution in [0.3, 0.4) is 0 Å². The van der Waals surface area contributed by atoms with Crippen molar-refractivity contribution in [3.05, 3.63) is 35.6 Å². The molecule has 0 radical (unpaired) electrons. The fourth-order valence-electron chi connectivity index (χ4n) is 3.92. The molecule has 2 aliphatic heterocycles. The molecular formula is C19H27FN2O. The first-order valence-electron chi connectivity index (χ1n) is 8.88. The lowest BCUT2D eigenvalue weighted by atomic mass is 10.0. The third kappa shape index (κ3) is 4.31. The third-order valence-electron chi connectivity index (χ3n) is 5.23. The van der Waals surface area contributed by atoms with E-state index in [0.29, 0.717) is 18.5 Å². The zero-order valence-electron chi connectivity index (χ0n) is 14.0. The monoisotopic (exact) mass is 318 g/mol. The summed E-state index contributed by atoms with van der Waals surface area (Å²) in [6.45, 7) is 5.60. The molecule has 3 nitrogen and oxygen atoms in total. The van der Waals surface area contributed by atoms with Crippen LogP contribution in [0.1, 0.15) is 38.2 Å². The molecular weight excluding hydrogens is 291 g/mol. The lowest BCUT2D eigenvalue weighted by molar-refractivity contribution is -0.134. The summed E-state index contributed by atoms with van der Waals surface area (Å²) in [5.41, 5.74) is 1.15. The average Bonchev–Trinajstić information content (AvgIpc) is 2.96. The molecule has 2 unspecified atom stereocenters. The van der Waals surface area contributed by atoms with Crippen LogP contribution in [-0.2, 0) is 11.2 Å². The Kier molecular flexibility index (Phi) is 5.31. The van der Waals surface area contributed by atoms with Crippen molar-refractivity contribution >= 4 is 5.91 Å². The Morgan fingerprint density at radius 1 is 1.17 bits per heavy atom. The molecule has 1 amide bonds. The van der Waals surface area contributed by atoms with Crippen molar-refractivity contribution in [2.24, 2.45) is 5.92 Å². The summed E-state index contributed by atoms with van der Waals surface area (Å²) in [5.74, 6) is 0.718. The number of piperidine rings is 1. The molecule has 0 aromatic heterocycles. The van der Waals surface area contributed by atoms with Crippen LogP contribution in [0.5, 0.6) is 0 Å². The maximum Gasteiger partial charge on any atom is 0.236 e. The average molecular weight is 318 g/mol. The van der Waals surface area contributed by atoms with Gasteiger partial charge in [0, 0.05) is 19.1 Å². The number of carbonyl (C=O) groups is 1. The van der Waals surface area contributed by atoms with E-state index in [1.54, 1.807) is 0 Å². The van der Waals surface area contributed by atoms with E-state index >= 15 is 0 Å². The molecule has 3 rings (SSSR count). The van der Waals surface area contributed by atoms with Gasteiger partial charge in [0.1, 0.15) is 5.82 Å². The quantitative estimate of drug-likeness (QED) is 0.852. The Morgan fingerprint density at radius 2 is 1.91 bits per heavy atom. The normalized spacial score (nSPS) is 25.7. The van der Waals surface area contributed by atoms with Crippen molar-refractivity contribution in [2.45, 2.75) is 45.1 Å². The number of hydrogen-bond donors (Lipinski definition) is 0. The van der Waals surface area contributed by atoms with Crippen molar-refractivity contribution in [3.8, 4) is 0 Å². The predicted octanol–water partition coefficient (Wildman–Crippen LogP) is 3.09. The first kappa shape index (κ1) is 16.4. The first-order chi connectivity index (χ1) is 11.1. The molecule has 1 aromatic carbocycles. The van der Waals surface area contributed by atoms with Gasteiger partial charge in [0.2, 0.25) is 5.91 Å². The minimum atomic E-state index is -0.188. The van der Waals surface area contributed by atoms with Gasteiger partial charge in [0.25, 0.3) is 0 Å². The topological polar surface area (TPSA) is 23.6 Å². The lowest BCUT2D eigenvalue weighted by Gasteiger charge is -2.33. The maximum absolute atomic E-state index is 13.0. The van der Waals surface area contributed by atoms with Crippen LogP contribution in [0.4, 0.5) is 4.39 Å². The van der Waals surface area contributed by atoms with Crippen LogP contribution < -0.4 is 0 Å². The minimum Gasteiger partial charge on any atom is -0.341 e. The van der Waals surface area contributed by atoms with Gasteiger partial charge in [-0.1, -0.05) is 19.1 Å². The Hall–Kier alpha value is -1.42. The van der Waals surface area contributed by atoms with Gasteiger partial charge in [0.05, 0.1) is 6.54 Å². The minimum absolute atomic E-state index is 0.188. The van der Waals surface area contributed by atoms with Gasteiger partial charge in [-0.15, -0.1) is 0 Å². The van der Waals surface area contributed by atoms with E-state index in [4.69, 9.17) is 0 Å². The zero-order valence-corrected chi connectivity index (χ0v) is 14.0. The van der Waals surface area contributed by atoms with Crippen LogP contribution in [0, 0.1) is 11.7 Å². The fraction of sp³-hybridized carbons (Fsp3) is 0.632. The summed E-state index contributed by atoms with van der Waals surface area (Å²) in [7, 11) is 0. The van der Waals surface area contributed by atoms with Gasteiger partial charge < -0.3 is 4.90 Å². The second-order valence-corrected chi connectivity index (χ2v) is 7.18. The van der Waals surface area contributed by atoms with Gasteiger partial charge in [-0.25, -0.2) is 4.39 Å². The highest BCUT2D eigenvalue weighted by Crippen LogP contribution is 2.22. The van der Waals surface area contributed by atoms with Crippen LogP contribution in [0.15, 0.2) is 24.3 Å². The first-order valence-corrected chi connectivity index (χ1v) is 8.88. The highest BCUT2D eigenvalue weighted by Gasteiger charge is 2.29. The SMILES string of the molecule is CC1CCCN(C(=O)CN2CCCC2Cc2ccc(F)cc2)C1. The van der Waals surface area contributed by atoms with Crippen LogP contribution >= 0.6 is 0 Å². The molecule has 2 heterocycles. The number of halogens is 1. The van der Waals surface area contributed by atoms with E-state index in [9.17, 15) is 9.18 Å². The van der Waals surface area contributed by atoms with Crippen molar-refractivity contribution in [2.75, 3.05) is 26.2 Å². The van der Waals surface area contributed by atoms with E-state index in [0.717, 1.165) is 50.9 Å². The second kappa shape index (κ2) is 7.43. The lowest BCUT2D eigenvalue weighted by Crippen LogP contribution is -2.46. The van der Waals surface area contributed by atoms with Gasteiger partial charge in [0.15, 0.2) is 0 Å². The summed E-state index contributed by atoms with van der Waals surface area (Å²) < 4.78 is 13.0. The van der Waals surface area contributed by atoms with E-state index in [1.165, 1.54) is 18.6 Å². The molecule has 1 aromatic rings. The smallest absolute Gasteiger partial charge is 0.236 e. The summed E-state index contributed by atoms with van der Waals surface area (Å²) in [6, 6.07) is 7.18. The summed E-state index contributed by atoms with van der Waals surface area (Å²) in [4.78, 5) is 16.9. The molecule has 0 bridgehead atoms. The number of amides is 1. The van der Waals surface area contributed by atoms with E-state index in [1.807, 2.05) is 17.0 Å². The van der Waals surface area contributed by atoms with Gasteiger partial charge >= 0.3 is 0 Å². The van der Waals surface area contributed by atoms with Crippen molar-refractivity contribution in [3.63, 3.8) is 0 Å². The van der Waals surface area contributed by atoms with E-state index in [2.05, 4.69) is 11.8 Å². The van der Waals surface area contributed by atoms with E-state index in [-0.39, 0.29) is 11.7 Å². The highest BCUT2D eigenvalue weighted by molar-refractivity contribution is 5.78. The van der Waals surface area contributed by atoms with Gasteiger partial charge in [-0.05, 0) is 62.3 Å². The summed E-state index contributed by atoms with van der Waals surface area (Å²) in [6.07, 6.45) is 5.55. The largest absolute Gasteiger partial charge is 0.341 e. The predicted molar refractivity (Wildman–Crippen MR) is 89.7 cm³/mol. The summed E-state index contributed by atoms with van der Waals surface area (Å²) in [5, 5.41) is 0. The molecule has 23 heavy (non-hydrogen) atoms. The molecule has 2 aliphatic rings. The molecule has 2 fully saturated rings. The number of nitrogens with zero attached hydrogens (tertiary/aromatic N) is 2. The third-order valence-corrected chi connectivity index (χ3v) is 5.23. The van der Waals surface area contributed by atoms with Crippen molar-refractivity contribution in [1.29, 1.82) is 0 Å². The second-order valence-electron chi connectivity index (χ2n) is 7.18. The molecule has 2 saturated heterocycles. The molecule has 0 N–H and O–H groups in total. The Morgan fingerprint density at radius 3 is 2.65 bits per heavy atom. The molecule has 0 spiro atoms. The number of likely N-dealkylation sites (tertiary alicyclic amines) is 2. The molecule has 0 saturated carbocycles. The van der Waals surface area contributed by atoms with Crippen LogP contribution in [0.2, 0.25) is 0 Å². The number of carbonyl (C=O) groups excluding carboxylic acids is 1. The van der Waals surface area contributed by atoms with Gasteiger partial charge in [-0.3, -0.25) is 9.69 Å². The zero-order chi connectivity index (χ0) is 16.2. The van der Waals surface area contributed by atoms with Crippen LogP contribution in [0.25, 0.3) is 0 Å². The van der Waals surface area contributed by atoms with Crippen LogP contribution in [-0.4, -0.2) is 47.9 Å². The van der Waals surface area contributed by atoms with Gasteiger partial charge in [-0.2, -0.15) is 0 Å². The maximum atomic E-state index is 13.0. The Labute approximate surface area is 138 Å². The Balaban J connectivity index is 1.56.